The summed E-state index contributed by atoms with van der Waals surface area (Å²) in [4.78, 5) is 16.0. The second-order valence-electron chi connectivity index (χ2n) is 4.12. The molecule has 0 aliphatic carbocycles. The van der Waals surface area contributed by atoms with E-state index in [4.69, 9.17) is 5.73 Å². The minimum absolute atomic E-state index is 0.0556. The molecule has 2 aromatic rings. The number of ketones is 1. The number of nitrogens with two attached hydrogens (primary N) is 1. The van der Waals surface area contributed by atoms with E-state index in [9.17, 15) is 18.0 Å². The van der Waals surface area contributed by atoms with E-state index in [-0.39, 0.29) is 24.5 Å². The fourth-order valence-electron chi connectivity index (χ4n) is 1.62. The van der Waals surface area contributed by atoms with Crippen LogP contribution in [0.2, 0.25) is 0 Å². The van der Waals surface area contributed by atoms with Crippen LogP contribution in [0.3, 0.4) is 0 Å². The van der Waals surface area contributed by atoms with Gasteiger partial charge in [-0.15, -0.1) is 24.5 Å². The summed E-state index contributed by atoms with van der Waals surface area (Å²) < 4.78 is 39.8. The zero-order valence-corrected chi connectivity index (χ0v) is 11.5. The van der Waals surface area contributed by atoms with Gasteiger partial charge in [0.25, 0.3) is 0 Å². The molecule has 0 spiro atoms. The Bertz CT molecular complexity index is 623. The fourth-order valence-corrected chi connectivity index (χ4v) is 2.30. The molecule has 112 valence electrons. The number of hydrogen-bond acceptors (Lipinski definition) is 5. The number of carbonyl (C=O) groups excluding carboxylic acids is 1. The summed E-state index contributed by atoms with van der Waals surface area (Å²) in [5.74, 6) is -0.534. The number of alkyl halides is 3. The highest BCUT2D eigenvalue weighted by molar-refractivity contribution is 7.09. The molecule has 1 aromatic carbocycles. The topological polar surface area (TPSA) is 65.2 Å². The molecule has 2 rings (SSSR count). The van der Waals surface area contributed by atoms with Gasteiger partial charge >= 0.3 is 6.36 Å². The van der Waals surface area contributed by atoms with Gasteiger partial charge in [0.1, 0.15) is 16.5 Å². The molecule has 0 saturated heterocycles. The molecule has 2 N–H and O–H groups in total. The van der Waals surface area contributed by atoms with Crippen molar-refractivity contribution in [3.05, 3.63) is 45.9 Å². The molecule has 0 aliphatic heterocycles. The predicted octanol–water partition coefficient (Wildman–Crippen LogP) is 2.93. The maximum atomic E-state index is 12.0. The van der Waals surface area contributed by atoms with Crippen LogP contribution in [0.1, 0.15) is 21.1 Å². The fraction of sp³-hybridized carbons (Fsp3) is 0.231. The number of benzene rings is 1. The first-order valence-electron chi connectivity index (χ1n) is 5.90. The largest absolute Gasteiger partial charge is 0.573 e. The minimum atomic E-state index is -4.73. The van der Waals surface area contributed by atoms with Crippen molar-refractivity contribution in [3.8, 4) is 5.75 Å². The molecule has 0 aliphatic rings. The minimum Gasteiger partial charge on any atom is -0.406 e. The summed E-state index contributed by atoms with van der Waals surface area (Å²) in [5, 5.41) is 2.28. The number of thiazole rings is 1. The number of halogens is 3. The van der Waals surface area contributed by atoms with Crippen LogP contribution >= 0.6 is 11.3 Å². The summed E-state index contributed by atoms with van der Waals surface area (Å²) >= 11 is 1.30. The standard InChI is InChI=1S/C13H11F3N2O2S/c14-13(15,16)20-9-3-1-8(2-4-9)5-11(19)10-7-21-12(6-17)18-10/h1-4,7H,5-6,17H2. The number of Topliss-reactive ketones (excluding diaryl/α,β-unsaturated/α-hetero) is 1. The van der Waals surface area contributed by atoms with Crippen LogP contribution in [0, 0.1) is 0 Å². The van der Waals surface area contributed by atoms with Crippen LogP contribution in [-0.4, -0.2) is 17.1 Å². The monoisotopic (exact) mass is 316 g/mol. The average molecular weight is 316 g/mol. The van der Waals surface area contributed by atoms with Gasteiger partial charge in [-0.05, 0) is 17.7 Å². The number of carbonyl (C=O) groups is 1. The number of rotatable bonds is 5. The van der Waals surface area contributed by atoms with E-state index in [2.05, 4.69) is 9.72 Å². The molecule has 8 heteroatoms. The van der Waals surface area contributed by atoms with E-state index in [0.29, 0.717) is 16.3 Å². The highest BCUT2D eigenvalue weighted by atomic mass is 32.1. The molecule has 21 heavy (non-hydrogen) atoms. The van der Waals surface area contributed by atoms with Gasteiger partial charge in [0, 0.05) is 18.3 Å². The van der Waals surface area contributed by atoms with E-state index in [1.807, 2.05) is 0 Å². The highest BCUT2D eigenvalue weighted by Gasteiger charge is 2.30. The number of nitrogens with zero attached hydrogens (tertiary/aromatic N) is 1. The van der Waals surface area contributed by atoms with Gasteiger partial charge in [-0.1, -0.05) is 12.1 Å². The van der Waals surface area contributed by atoms with Crippen molar-refractivity contribution in [1.82, 2.24) is 4.98 Å². The van der Waals surface area contributed by atoms with Crippen LogP contribution in [0.25, 0.3) is 0 Å². The second-order valence-corrected chi connectivity index (χ2v) is 5.06. The third kappa shape index (κ3) is 4.54. The molecule has 0 atom stereocenters. The van der Waals surface area contributed by atoms with Crippen molar-refractivity contribution >= 4 is 17.1 Å². The summed E-state index contributed by atoms with van der Waals surface area (Å²) in [6, 6.07) is 5.16. The normalized spacial score (nSPS) is 11.4. The lowest BCUT2D eigenvalue weighted by Gasteiger charge is -2.08. The SMILES string of the molecule is NCc1nc(C(=O)Cc2ccc(OC(F)(F)F)cc2)cs1. The first kappa shape index (κ1) is 15.5. The van der Waals surface area contributed by atoms with Gasteiger partial charge < -0.3 is 10.5 Å². The van der Waals surface area contributed by atoms with E-state index in [1.165, 1.54) is 35.6 Å². The molecule has 1 heterocycles. The lowest BCUT2D eigenvalue weighted by molar-refractivity contribution is -0.274. The van der Waals surface area contributed by atoms with E-state index < -0.39 is 6.36 Å². The smallest absolute Gasteiger partial charge is 0.406 e. The van der Waals surface area contributed by atoms with E-state index >= 15 is 0 Å². The molecule has 4 nitrogen and oxygen atoms in total. The Kier molecular flexibility index (Phi) is 4.59. The van der Waals surface area contributed by atoms with Gasteiger partial charge in [0.15, 0.2) is 5.78 Å². The first-order valence-corrected chi connectivity index (χ1v) is 6.77. The molecule has 0 unspecified atom stereocenters. The zero-order valence-electron chi connectivity index (χ0n) is 10.7. The van der Waals surface area contributed by atoms with Crippen molar-refractivity contribution in [2.45, 2.75) is 19.3 Å². The first-order chi connectivity index (χ1) is 9.87. The van der Waals surface area contributed by atoms with Gasteiger partial charge in [-0.3, -0.25) is 4.79 Å². The molecule has 0 saturated carbocycles. The van der Waals surface area contributed by atoms with Crippen molar-refractivity contribution in [2.75, 3.05) is 0 Å². The molecule has 0 radical (unpaired) electrons. The molecule has 0 fully saturated rings. The third-order valence-corrected chi connectivity index (χ3v) is 3.40. The predicted molar refractivity (Wildman–Crippen MR) is 71.2 cm³/mol. The summed E-state index contributed by atoms with van der Waals surface area (Å²) in [7, 11) is 0. The van der Waals surface area contributed by atoms with E-state index in [0.717, 1.165) is 0 Å². The second kappa shape index (κ2) is 6.23. The number of hydrogen-bond donors (Lipinski definition) is 1. The van der Waals surface area contributed by atoms with Crippen molar-refractivity contribution in [3.63, 3.8) is 0 Å². The van der Waals surface area contributed by atoms with E-state index in [1.54, 1.807) is 5.38 Å². The van der Waals surface area contributed by atoms with Gasteiger partial charge in [0.05, 0.1) is 0 Å². The Morgan fingerprint density at radius 2 is 1.95 bits per heavy atom. The Morgan fingerprint density at radius 1 is 1.29 bits per heavy atom. The lowest BCUT2D eigenvalue weighted by Crippen LogP contribution is -2.17. The molecular weight excluding hydrogens is 305 g/mol. The van der Waals surface area contributed by atoms with Crippen LogP contribution in [-0.2, 0) is 13.0 Å². The number of aromatic nitrogens is 1. The molecule has 0 amide bonds. The lowest BCUT2D eigenvalue weighted by atomic mass is 10.1. The van der Waals surface area contributed by atoms with Crippen LogP contribution < -0.4 is 10.5 Å². The Balaban J connectivity index is 2.01. The summed E-state index contributed by atoms with van der Waals surface area (Å²) in [6.07, 6.45) is -4.67. The molecule has 0 bridgehead atoms. The molecule has 1 aromatic heterocycles. The van der Waals surface area contributed by atoms with Crippen LogP contribution in [0.4, 0.5) is 13.2 Å². The maximum Gasteiger partial charge on any atom is 0.573 e. The number of ether oxygens (including phenoxy) is 1. The van der Waals surface area contributed by atoms with Crippen LogP contribution in [0.15, 0.2) is 29.6 Å². The Hall–Kier alpha value is -1.93. The maximum absolute atomic E-state index is 12.0. The quantitative estimate of drug-likeness (QED) is 0.861. The van der Waals surface area contributed by atoms with Gasteiger partial charge in [-0.2, -0.15) is 0 Å². The van der Waals surface area contributed by atoms with Crippen molar-refractivity contribution < 1.29 is 22.7 Å². The van der Waals surface area contributed by atoms with Crippen molar-refractivity contribution in [1.29, 1.82) is 0 Å². The Morgan fingerprint density at radius 3 is 2.48 bits per heavy atom. The van der Waals surface area contributed by atoms with Crippen LogP contribution in [0.5, 0.6) is 5.75 Å². The highest BCUT2D eigenvalue weighted by Crippen LogP contribution is 2.23. The summed E-state index contributed by atoms with van der Waals surface area (Å²) in [6.45, 7) is 0.265. The Labute approximate surface area is 122 Å². The molecular formula is C13H11F3N2O2S. The van der Waals surface area contributed by atoms with Gasteiger partial charge in [-0.25, -0.2) is 4.98 Å². The summed E-state index contributed by atoms with van der Waals surface area (Å²) in [5.41, 5.74) is 6.31. The van der Waals surface area contributed by atoms with Crippen molar-refractivity contribution in [2.24, 2.45) is 5.73 Å². The average Bonchev–Trinajstić information content (AvgIpc) is 2.88. The third-order valence-electron chi connectivity index (χ3n) is 2.53. The van der Waals surface area contributed by atoms with Gasteiger partial charge in [0.2, 0.25) is 0 Å². The zero-order chi connectivity index (χ0) is 15.5.